The third-order valence-corrected chi connectivity index (χ3v) is 9.61. The Labute approximate surface area is 249 Å². The Balaban J connectivity index is 1.57. The molecule has 5 rings (SSSR count). The molecule has 0 aromatic heterocycles. The van der Waals surface area contributed by atoms with Crippen LogP contribution in [0.25, 0.3) is 0 Å². The highest BCUT2D eigenvalue weighted by Crippen LogP contribution is 2.56. The number of nitrogens with zero attached hydrogens (tertiary/aromatic N) is 4. The molecule has 3 aliphatic rings. The zero-order chi connectivity index (χ0) is 28.9. The summed E-state index contributed by atoms with van der Waals surface area (Å²) in [7, 11) is 0. The van der Waals surface area contributed by atoms with Crippen LogP contribution in [0.3, 0.4) is 0 Å². The second kappa shape index (κ2) is 11.0. The van der Waals surface area contributed by atoms with E-state index in [1.54, 1.807) is 0 Å². The molecule has 1 fully saturated rings. The zero-order valence-electron chi connectivity index (χ0n) is 23.3. The van der Waals surface area contributed by atoms with Crippen molar-refractivity contribution in [2.45, 2.75) is 64.7 Å². The van der Waals surface area contributed by atoms with Crippen molar-refractivity contribution in [2.75, 3.05) is 13.1 Å². The summed E-state index contributed by atoms with van der Waals surface area (Å²) in [5.74, 6) is -0.0455. The molecule has 0 saturated carbocycles. The standard InChI is InChI=1S/C30H34Cl2N4O3S/c1-17(2)24-25(27(37)35(18(3)4)16-23-14-15-34(23)29(38)39)40-28-33-30(5,20-8-12-22(32)13-9-20)26(36(24)28)19-6-10-21(31)11-7-19/h6-13,17-18,23,26H,14-16H2,1-5H3,(H,38,39)/t23-,26+,30-/m0/s1. The molecule has 0 spiro atoms. The van der Waals surface area contributed by atoms with Crippen LogP contribution in [0.1, 0.15) is 58.2 Å². The topological polar surface area (TPSA) is 76.5 Å². The average molecular weight is 602 g/mol. The first-order valence-electron chi connectivity index (χ1n) is 13.6. The summed E-state index contributed by atoms with van der Waals surface area (Å²) >= 11 is 13.9. The van der Waals surface area contributed by atoms with Gasteiger partial charge in [-0.1, -0.05) is 61.3 Å². The number of carboxylic acid groups (broad SMARTS) is 1. The normalized spacial score (nSPS) is 24.0. The highest BCUT2D eigenvalue weighted by molar-refractivity contribution is 8.18. The number of benzene rings is 2. The maximum atomic E-state index is 14.2. The first-order valence-corrected chi connectivity index (χ1v) is 15.1. The fourth-order valence-corrected chi connectivity index (χ4v) is 7.45. The molecule has 0 unspecified atom stereocenters. The van der Waals surface area contributed by atoms with E-state index in [1.165, 1.54) is 16.7 Å². The number of carbonyl (C=O) groups excluding carboxylic acids is 1. The molecule has 1 N–H and O–H groups in total. The summed E-state index contributed by atoms with van der Waals surface area (Å²) in [5.41, 5.74) is 2.36. The van der Waals surface area contributed by atoms with E-state index in [9.17, 15) is 14.7 Å². The second-order valence-corrected chi connectivity index (χ2v) is 13.2. The fourth-order valence-electron chi connectivity index (χ4n) is 5.83. The highest BCUT2D eigenvalue weighted by Gasteiger charge is 2.53. The molecule has 3 atom stereocenters. The number of aliphatic imine (C=N–C) groups is 1. The molecule has 3 aliphatic heterocycles. The first-order chi connectivity index (χ1) is 18.9. The SMILES string of the molecule is CC(C)C1=C(C(=O)N(C[C@@H]2CCN2C(=O)O)C(C)C)SC2=N[C@@](C)(c3ccc(Cl)cc3)[C@@H](c3ccc(Cl)cc3)N21. The van der Waals surface area contributed by atoms with E-state index >= 15 is 0 Å². The molecule has 3 heterocycles. The van der Waals surface area contributed by atoms with Crippen molar-refractivity contribution in [2.24, 2.45) is 10.9 Å². The largest absolute Gasteiger partial charge is 0.465 e. The molecule has 7 nitrogen and oxygen atoms in total. The van der Waals surface area contributed by atoms with Gasteiger partial charge < -0.3 is 19.8 Å². The van der Waals surface area contributed by atoms with Gasteiger partial charge in [0.1, 0.15) is 10.4 Å². The van der Waals surface area contributed by atoms with Gasteiger partial charge in [-0.2, -0.15) is 0 Å². The number of rotatable bonds is 7. The minimum atomic E-state index is -0.938. The fraction of sp³-hybridized carbons (Fsp3) is 0.433. The van der Waals surface area contributed by atoms with Crippen LogP contribution in [0.5, 0.6) is 0 Å². The van der Waals surface area contributed by atoms with Crippen molar-refractivity contribution < 1.29 is 14.7 Å². The predicted octanol–water partition coefficient (Wildman–Crippen LogP) is 7.23. The Morgan fingerprint density at radius 2 is 1.68 bits per heavy atom. The average Bonchev–Trinajstić information content (AvgIpc) is 3.36. The first kappa shape index (κ1) is 28.8. The number of amidine groups is 1. The Bertz CT molecular complexity index is 1380. The molecule has 212 valence electrons. The maximum absolute atomic E-state index is 14.2. The van der Waals surface area contributed by atoms with Gasteiger partial charge in [-0.25, -0.2) is 9.79 Å². The van der Waals surface area contributed by atoms with Crippen molar-refractivity contribution in [1.82, 2.24) is 14.7 Å². The minimum Gasteiger partial charge on any atom is -0.465 e. The lowest BCUT2D eigenvalue weighted by Gasteiger charge is -2.42. The summed E-state index contributed by atoms with van der Waals surface area (Å²) in [6.45, 7) is 11.1. The van der Waals surface area contributed by atoms with Crippen LogP contribution in [0.4, 0.5) is 4.79 Å². The molecular weight excluding hydrogens is 567 g/mol. The van der Waals surface area contributed by atoms with E-state index in [-0.39, 0.29) is 30.0 Å². The van der Waals surface area contributed by atoms with Gasteiger partial charge in [0.25, 0.3) is 5.91 Å². The third-order valence-electron chi connectivity index (χ3n) is 8.05. The van der Waals surface area contributed by atoms with E-state index in [0.29, 0.717) is 28.0 Å². The summed E-state index contributed by atoms with van der Waals surface area (Å²) in [6, 6.07) is 15.1. The van der Waals surface area contributed by atoms with Gasteiger partial charge >= 0.3 is 6.09 Å². The molecule has 2 aromatic rings. The number of hydrogen-bond donors (Lipinski definition) is 1. The van der Waals surface area contributed by atoms with Crippen LogP contribution in [0.2, 0.25) is 10.0 Å². The van der Waals surface area contributed by atoms with Crippen LogP contribution in [0, 0.1) is 5.92 Å². The van der Waals surface area contributed by atoms with Crippen molar-refractivity contribution in [1.29, 1.82) is 0 Å². The smallest absolute Gasteiger partial charge is 0.407 e. The second-order valence-electron chi connectivity index (χ2n) is 11.3. The Kier molecular flexibility index (Phi) is 7.89. The molecule has 10 heteroatoms. The quantitative estimate of drug-likeness (QED) is 0.363. The summed E-state index contributed by atoms with van der Waals surface area (Å²) in [5, 5.41) is 11.6. The molecule has 0 bridgehead atoms. The number of hydrogen-bond acceptors (Lipinski definition) is 5. The molecule has 40 heavy (non-hydrogen) atoms. The monoisotopic (exact) mass is 600 g/mol. The van der Waals surface area contributed by atoms with E-state index < -0.39 is 11.6 Å². The lowest BCUT2D eigenvalue weighted by molar-refractivity contribution is -0.129. The van der Waals surface area contributed by atoms with E-state index in [0.717, 1.165) is 28.4 Å². The van der Waals surface area contributed by atoms with Gasteiger partial charge in [0, 0.05) is 34.9 Å². The predicted molar refractivity (Wildman–Crippen MR) is 162 cm³/mol. The van der Waals surface area contributed by atoms with Gasteiger partial charge in [-0.05, 0) is 80.3 Å². The van der Waals surface area contributed by atoms with Gasteiger partial charge in [-0.3, -0.25) is 4.79 Å². The molecule has 2 amide bonds. The van der Waals surface area contributed by atoms with Crippen molar-refractivity contribution in [3.8, 4) is 0 Å². The molecule has 1 saturated heterocycles. The van der Waals surface area contributed by atoms with Gasteiger partial charge in [0.2, 0.25) is 0 Å². The van der Waals surface area contributed by atoms with Gasteiger partial charge in [0.15, 0.2) is 5.17 Å². The van der Waals surface area contributed by atoms with Crippen LogP contribution in [-0.2, 0) is 10.3 Å². The molecular formula is C30H34Cl2N4O3S. The maximum Gasteiger partial charge on any atom is 0.407 e. The Morgan fingerprint density at radius 3 is 2.17 bits per heavy atom. The molecule has 0 radical (unpaired) electrons. The molecule has 2 aromatic carbocycles. The summed E-state index contributed by atoms with van der Waals surface area (Å²) in [6.07, 6.45) is -0.185. The van der Waals surface area contributed by atoms with Gasteiger partial charge in [-0.15, -0.1) is 0 Å². The zero-order valence-corrected chi connectivity index (χ0v) is 25.6. The number of carbonyl (C=O) groups is 2. The molecule has 0 aliphatic carbocycles. The van der Waals surface area contributed by atoms with E-state index in [1.807, 2.05) is 67.3 Å². The van der Waals surface area contributed by atoms with Crippen LogP contribution < -0.4 is 0 Å². The number of amides is 2. The number of halogens is 2. The van der Waals surface area contributed by atoms with Crippen LogP contribution in [0.15, 0.2) is 64.1 Å². The van der Waals surface area contributed by atoms with Crippen molar-refractivity contribution in [3.05, 3.63) is 80.3 Å². The van der Waals surface area contributed by atoms with Crippen molar-refractivity contribution in [3.63, 3.8) is 0 Å². The van der Waals surface area contributed by atoms with E-state index in [2.05, 4.69) is 25.7 Å². The summed E-state index contributed by atoms with van der Waals surface area (Å²) in [4.78, 5) is 37.2. The number of likely N-dealkylation sites (tertiary alicyclic amines) is 1. The van der Waals surface area contributed by atoms with E-state index in [4.69, 9.17) is 28.2 Å². The lowest BCUT2D eigenvalue weighted by Crippen LogP contribution is -2.57. The Morgan fingerprint density at radius 1 is 1.07 bits per heavy atom. The number of fused-ring (bicyclic) bond motifs is 1. The Hall–Kier alpha value is -2.68. The number of thioether (sulfide) groups is 1. The summed E-state index contributed by atoms with van der Waals surface area (Å²) < 4.78 is 0. The van der Waals surface area contributed by atoms with Gasteiger partial charge in [0.05, 0.1) is 12.1 Å². The third kappa shape index (κ3) is 4.99. The minimum absolute atomic E-state index is 0.0368. The van der Waals surface area contributed by atoms with Crippen molar-refractivity contribution >= 4 is 52.1 Å². The van der Waals surface area contributed by atoms with Crippen LogP contribution in [-0.4, -0.2) is 62.1 Å². The number of allylic oxidation sites excluding steroid dienone is 1. The van der Waals surface area contributed by atoms with Crippen LogP contribution >= 0.6 is 35.0 Å². The lowest BCUT2D eigenvalue weighted by atomic mass is 9.81. The highest BCUT2D eigenvalue weighted by atomic mass is 35.5.